The van der Waals surface area contributed by atoms with Crippen molar-refractivity contribution in [1.29, 1.82) is 0 Å². The first-order valence-corrected chi connectivity index (χ1v) is 3.37. The number of anilines is 1. The molecule has 1 amide bonds. The summed E-state index contributed by atoms with van der Waals surface area (Å²) >= 11 is 0. The second-order valence-electron chi connectivity index (χ2n) is 2.44. The molecule has 1 aromatic heterocycles. The van der Waals surface area contributed by atoms with E-state index in [1.54, 1.807) is 6.20 Å². The van der Waals surface area contributed by atoms with E-state index in [0.717, 1.165) is 11.1 Å². The van der Waals surface area contributed by atoms with Crippen LogP contribution in [0.4, 0.5) is 5.82 Å². The monoisotopic (exact) mass is 150 g/mol. The first kappa shape index (κ1) is 7.72. The van der Waals surface area contributed by atoms with E-state index in [2.05, 4.69) is 10.3 Å². The lowest BCUT2D eigenvalue weighted by molar-refractivity contribution is -0.105. The van der Waals surface area contributed by atoms with Crippen molar-refractivity contribution in [3.05, 3.63) is 23.4 Å². The average molecular weight is 150 g/mol. The van der Waals surface area contributed by atoms with Crippen LogP contribution >= 0.6 is 0 Å². The van der Waals surface area contributed by atoms with Crippen molar-refractivity contribution >= 4 is 12.2 Å². The Morgan fingerprint density at radius 3 is 2.82 bits per heavy atom. The van der Waals surface area contributed by atoms with Gasteiger partial charge in [0, 0.05) is 6.20 Å². The van der Waals surface area contributed by atoms with E-state index in [9.17, 15) is 4.79 Å². The van der Waals surface area contributed by atoms with Crippen LogP contribution in [0.3, 0.4) is 0 Å². The van der Waals surface area contributed by atoms with Crippen molar-refractivity contribution in [2.75, 3.05) is 5.32 Å². The zero-order valence-corrected chi connectivity index (χ0v) is 6.59. The van der Waals surface area contributed by atoms with Gasteiger partial charge in [0.25, 0.3) is 0 Å². The minimum absolute atomic E-state index is 0.630. The van der Waals surface area contributed by atoms with Gasteiger partial charge in [0.2, 0.25) is 6.41 Å². The van der Waals surface area contributed by atoms with Crippen LogP contribution in [0.25, 0.3) is 0 Å². The molecule has 0 saturated heterocycles. The molecule has 3 nitrogen and oxygen atoms in total. The maximum absolute atomic E-state index is 10.1. The third-order valence-corrected chi connectivity index (χ3v) is 1.41. The number of aromatic nitrogens is 1. The van der Waals surface area contributed by atoms with Gasteiger partial charge in [0.15, 0.2) is 0 Å². The van der Waals surface area contributed by atoms with Crippen LogP contribution in [0.2, 0.25) is 0 Å². The number of hydrogen-bond donors (Lipinski definition) is 1. The topological polar surface area (TPSA) is 42.0 Å². The van der Waals surface area contributed by atoms with Gasteiger partial charge < -0.3 is 5.32 Å². The molecule has 3 heteroatoms. The summed E-state index contributed by atoms with van der Waals surface area (Å²) in [6, 6.07) is 1.97. The predicted molar refractivity (Wildman–Crippen MR) is 43.4 cm³/mol. The van der Waals surface area contributed by atoms with E-state index in [1.165, 1.54) is 0 Å². The van der Waals surface area contributed by atoms with Crippen LogP contribution in [0, 0.1) is 13.8 Å². The van der Waals surface area contributed by atoms with Crippen LogP contribution in [0.5, 0.6) is 0 Å². The zero-order chi connectivity index (χ0) is 8.27. The largest absolute Gasteiger partial charge is 0.313 e. The lowest BCUT2D eigenvalue weighted by Crippen LogP contribution is -1.99. The number of pyridine rings is 1. The summed E-state index contributed by atoms with van der Waals surface area (Å²) in [5, 5.41) is 2.51. The molecule has 0 aliphatic carbocycles. The summed E-state index contributed by atoms with van der Waals surface area (Å²) in [5.74, 6) is 0.630. The van der Waals surface area contributed by atoms with Gasteiger partial charge in [-0.05, 0) is 25.0 Å². The number of amides is 1. The molecule has 1 aromatic rings. The number of hydrogen-bond acceptors (Lipinski definition) is 2. The van der Waals surface area contributed by atoms with Crippen molar-refractivity contribution in [3.63, 3.8) is 0 Å². The van der Waals surface area contributed by atoms with Crippen LogP contribution in [-0.2, 0) is 4.79 Å². The van der Waals surface area contributed by atoms with E-state index in [4.69, 9.17) is 0 Å². The molecule has 0 radical (unpaired) electrons. The molecular weight excluding hydrogens is 140 g/mol. The van der Waals surface area contributed by atoms with Crippen LogP contribution in [0.1, 0.15) is 11.1 Å². The third-order valence-electron chi connectivity index (χ3n) is 1.41. The average Bonchev–Trinajstić information content (AvgIpc) is 1.95. The Kier molecular flexibility index (Phi) is 2.21. The molecule has 0 saturated carbocycles. The number of aryl methyl sites for hydroxylation is 2. The van der Waals surface area contributed by atoms with Crippen molar-refractivity contribution < 1.29 is 4.79 Å². The van der Waals surface area contributed by atoms with Gasteiger partial charge in [0.1, 0.15) is 5.82 Å². The van der Waals surface area contributed by atoms with Gasteiger partial charge in [-0.1, -0.05) is 6.07 Å². The highest BCUT2D eigenvalue weighted by Gasteiger charge is 1.96. The second-order valence-corrected chi connectivity index (χ2v) is 2.44. The zero-order valence-electron chi connectivity index (χ0n) is 6.59. The van der Waals surface area contributed by atoms with Crippen LogP contribution in [0.15, 0.2) is 12.3 Å². The van der Waals surface area contributed by atoms with Gasteiger partial charge in [0.05, 0.1) is 0 Å². The molecule has 0 aromatic carbocycles. The molecule has 0 aliphatic rings. The molecule has 1 heterocycles. The predicted octanol–water partition coefficient (Wildman–Crippen LogP) is 1.27. The van der Waals surface area contributed by atoms with E-state index < -0.39 is 0 Å². The smallest absolute Gasteiger partial charge is 0.212 e. The number of nitrogens with zero attached hydrogens (tertiary/aromatic N) is 1. The summed E-state index contributed by atoms with van der Waals surface area (Å²) in [4.78, 5) is 14.1. The Hall–Kier alpha value is -1.38. The number of carbonyl (C=O) groups excluding carboxylic acids is 1. The molecule has 0 aliphatic heterocycles. The lowest BCUT2D eigenvalue weighted by Gasteiger charge is -2.01. The Morgan fingerprint density at radius 2 is 2.27 bits per heavy atom. The fourth-order valence-corrected chi connectivity index (χ4v) is 0.922. The highest BCUT2D eigenvalue weighted by Crippen LogP contribution is 2.10. The first-order chi connectivity index (χ1) is 5.24. The van der Waals surface area contributed by atoms with Crippen molar-refractivity contribution in [3.8, 4) is 0 Å². The molecule has 0 bridgehead atoms. The summed E-state index contributed by atoms with van der Waals surface area (Å²) in [7, 11) is 0. The number of carbonyl (C=O) groups is 1. The Balaban J connectivity index is 2.98. The summed E-state index contributed by atoms with van der Waals surface area (Å²) in [5.41, 5.74) is 2.08. The highest BCUT2D eigenvalue weighted by atomic mass is 16.1. The fraction of sp³-hybridized carbons (Fsp3) is 0.250. The van der Waals surface area contributed by atoms with Crippen LogP contribution in [-0.4, -0.2) is 11.4 Å². The maximum Gasteiger partial charge on any atom is 0.212 e. The van der Waals surface area contributed by atoms with Gasteiger partial charge >= 0.3 is 0 Å². The van der Waals surface area contributed by atoms with E-state index in [1.807, 2.05) is 19.9 Å². The van der Waals surface area contributed by atoms with E-state index >= 15 is 0 Å². The maximum atomic E-state index is 10.1. The first-order valence-electron chi connectivity index (χ1n) is 3.37. The number of nitrogens with one attached hydrogen (secondary N) is 1. The van der Waals surface area contributed by atoms with E-state index in [-0.39, 0.29) is 0 Å². The van der Waals surface area contributed by atoms with Gasteiger partial charge in [-0.2, -0.15) is 0 Å². The van der Waals surface area contributed by atoms with Gasteiger partial charge in [-0.25, -0.2) is 4.98 Å². The molecule has 0 spiro atoms. The summed E-state index contributed by atoms with van der Waals surface area (Å²) in [6.45, 7) is 3.87. The fourth-order valence-electron chi connectivity index (χ4n) is 0.922. The molecule has 0 unspecified atom stereocenters. The lowest BCUT2D eigenvalue weighted by atomic mass is 10.2. The van der Waals surface area contributed by atoms with Crippen molar-refractivity contribution in [1.82, 2.24) is 4.98 Å². The minimum Gasteiger partial charge on any atom is -0.313 e. The van der Waals surface area contributed by atoms with Crippen LogP contribution < -0.4 is 5.32 Å². The number of rotatable bonds is 2. The molecule has 1 rings (SSSR count). The third kappa shape index (κ3) is 1.77. The van der Waals surface area contributed by atoms with Gasteiger partial charge in [-0.15, -0.1) is 0 Å². The quantitative estimate of drug-likeness (QED) is 0.645. The summed E-state index contributed by atoms with van der Waals surface area (Å²) in [6.07, 6.45) is 2.35. The Morgan fingerprint density at radius 1 is 1.55 bits per heavy atom. The van der Waals surface area contributed by atoms with E-state index in [0.29, 0.717) is 12.2 Å². The molecule has 0 atom stereocenters. The summed E-state index contributed by atoms with van der Waals surface area (Å²) < 4.78 is 0. The van der Waals surface area contributed by atoms with Crippen molar-refractivity contribution in [2.24, 2.45) is 0 Å². The molecule has 11 heavy (non-hydrogen) atoms. The molecule has 1 N–H and O–H groups in total. The van der Waals surface area contributed by atoms with Crippen molar-refractivity contribution in [2.45, 2.75) is 13.8 Å². The second kappa shape index (κ2) is 3.14. The normalized spacial score (nSPS) is 9.27. The Labute approximate surface area is 65.5 Å². The molecule has 58 valence electrons. The SMILES string of the molecule is Cc1cnc(NC=O)c(C)c1. The highest BCUT2D eigenvalue weighted by molar-refractivity contribution is 5.70. The Bertz CT molecular complexity index is 271. The standard InChI is InChI=1S/C8H10N2O/c1-6-3-7(2)8(9-4-6)10-5-11/h3-5H,1-2H3,(H,9,10,11). The molecular formula is C8H10N2O. The molecule has 0 fully saturated rings. The minimum atomic E-state index is 0.630. The van der Waals surface area contributed by atoms with Gasteiger partial charge in [-0.3, -0.25) is 4.79 Å².